The lowest BCUT2D eigenvalue weighted by Gasteiger charge is -2.37. The molecule has 188 valence electrons. The van der Waals surface area contributed by atoms with E-state index in [0.29, 0.717) is 0 Å². The first-order valence-corrected chi connectivity index (χ1v) is 12.1. The average molecular weight is 481 g/mol. The second-order valence-electron chi connectivity index (χ2n) is 10.4. The van der Waals surface area contributed by atoms with Gasteiger partial charge in [0.15, 0.2) is 0 Å². The number of rotatable bonds is 9. The van der Waals surface area contributed by atoms with E-state index in [2.05, 4.69) is 34.9 Å². The maximum Gasteiger partial charge on any atom is 0.407 e. The Bertz CT molecular complexity index is 1050. The van der Waals surface area contributed by atoms with E-state index in [9.17, 15) is 19.5 Å². The fraction of sp³-hybridized carbons (Fsp3) is 0.464. The van der Waals surface area contributed by atoms with Gasteiger partial charge in [-0.15, -0.1) is 0 Å². The maximum atomic E-state index is 13.1. The molecular weight excluding hydrogens is 444 g/mol. The zero-order valence-corrected chi connectivity index (χ0v) is 21.3. The highest BCUT2D eigenvalue weighted by Crippen LogP contribution is 2.44. The Balaban J connectivity index is 1.71. The number of amides is 2. The van der Waals surface area contributed by atoms with Crippen LogP contribution in [-0.2, 0) is 14.3 Å². The lowest BCUT2D eigenvalue weighted by Crippen LogP contribution is -2.58. The van der Waals surface area contributed by atoms with Gasteiger partial charge in [-0.1, -0.05) is 76.2 Å². The van der Waals surface area contributed by atoms with Crippen LogP contribution < -0.4 is 10.6 Å². The molecule has 2 atom stereocenters. The van der Waals surface area contributed by atoms with Gasteiger partial charge in [-0.3, -0.25) is 4.79 Å². The fourth-order valence-electron chi connectivity index (χ4n) is 4.93. The zero-order valence-electron chi connectivity index (χ0n) is 21.3. The van der Waals surface area contributed by atoms with E-state index < -0.39 is 35.5 Å². The molecule has 0 saturated carbocycles. The van der Waals surface area contributed by atoms with E-state index in [-0.39, 0.29) is 24.4 Å². The number of hydrogen-bond acceptors (Lipinski definition) is 4. The Morgan fingerprint density at radius 3 is 1.86 bits per heavy atom. The molecule has 0 saturated heterocycles. The van der Waals surface area contributed by atoms with Crippen molar-refractivity contribution in [2.45, 2.75) is 59.5 Å². The van der Waals surface area contributed by atoms with Gasteiger partial charge in [-0.05, 0) is 47.9 Å². The zero-order chi connectivity index (χ0) is 25.9. The lowest BCUT2D eigenvalue weighted by molar-refractivity contribution is -0.145. The van der Waals surface area contributed by atoms with Crippen LogP contribution in [0.3, 0.4) is 0 Å². The first-order valence-electron chi connectivity index (χ1n) is 12.1. The number of aliphatic carboxylic acids is 1. The number of ether oxygens (including phenoxy) is 1. The van der Waals surface area contributed by atoms with Crippen LogP contribution in [0.4, 0.5) is 4.79 Å². The Hall–Kier alpha value is -3.35. The quantitative estimate of drug-likeness (QED) is 0.478. The largest absolute Gasteiger partial charge is 0.480 e. The van der Waals surface area contributed by atoms with Crippen molar-refractivity contribution >= 4 is 18.0 Å². The molecule has 3 N–H and O–H groups in total. The molecule has 2 amide bonds. The molecule has 0 fully saturated rings. The average Bonchev–Trinajstić information content (AvgIpc) is 3.12. The van der Waals surface area contributed by atoms with Gasteiger partial charge >= 0.3 is 12.1 Å². The molecule has 3 rings (SSSR count). The minimum Gasteiger partial charge on any atom is -0.480 e. The summed E-state index contributed by atoms with van der Waals surface area (Å²) in [4.78, 5) is 37.5. The van der Waals surface area contributed by atoms with Crippen molar-refractivity contribution in [3.8, 4) is 11.1 Å². The minimum absolute atomic E-state index is 0.0654. The Morgan fingerprint density at radius 1 is 0.886 bits per heavy atom. The van der Waals surface area contributed by atoms with Crippen LogP contribution >= 0.6 is 0 Å². The Labute approximate surface area is 207 Å². The van der Waals surface area contributed by atoms with Gasteiger partial charge in [-0.25, -0.2) is 9.59 Å². The van der Waals surface area contributed by atoms with Crippen LogP contribution in [0.2, 0.25) is 0 Å². The van der Waals surface area contributed by atoms with Crippen LogP contribution in [0, 0.1) is 17.3 Å². The van der Waals surface area contributed by atoms with Crippen molar-refractivity contribution in [1.82, 2.24) is 10.6 Å². The number of carbonyl (C=O) groups is 3. The molecule has 2 aromatic carbocycles. The molecule has 0 aliphatic heterocycles. The molecule has 1 aliphatic rings. The second kappa shape index (κ2) is 10.5. The molecule has 0 bridgehead atoms. The smallest absolute Gasteiger partial charge is 0.407 e. The predicted molar refractivity (Wildman–Crippen MR) is 135 cm³/mol. The van der Waals surface area contributed by atoms with E-state index in [4.69, 9.17) is 4.74 Å². The first kappa shape index (κ1) is 26.3. The van der Waals surface area contributed by atoms with Crippen LogP contribution in [0.5, 0.6) is 0 Å². The number of fused-ring (bicyclic) bond motifs is 3. The number of alkyl carbamates (subject to hydrolysis) is 1. The highest BCUT2D eigenvalue weighted by Gasteiger charge is 2.42. The first-order chi connectivity index (χ1) is 16.4. The maximum absolute atomic E-state index is 13.1. The van der Waals surface area contributed by atoms with Gasteiger partial charge < -0.3 is 20.5 Å². The molecule has 0 aromatic heterocycles. The Morgan fingerprint density at radius 2 is 1.40 bits per heavy atom. The third-order valence-corrected chi connectivity index (χ3v) is 6.87. The van der Waals surface area contributed by atoms with E-state index in [1.165, 1.54) is 0 Å². The summed E-state index contributed by atoms with van der Waals surface area (Å²) >= 11 is 0. The number of carboxylic acids is 1. The predicted octanol–water partition coefficient (Wildman–Crippen LogP) is 4.80. The SMILES string of the molecule is CC(C)C(NC(=O)OCC1c2ccccc2-c2ccccc21)C(C)(C)C(=O)N[C@@H](C(=O)O)C(C)C. The third-order valence-electron chi connectivity index (χ3n) is 6.87. The second-order valence-corrected chi connectivity index (χ2v) is 10.4. The summed E-state index contributed by atoms with van der Waals surface area (Å²) in [5.41, 5.74) is 3.47. The molecule has 35 heavy (non-hydrogen) atoms. The molecule has 2 aromatic rings. The van der Waals surface area contributed by atoms with E-state index in [0.717, 1.165) is 22.3 Å². The van der Waals surface area contributed by atoms with Gasteiger partial charge in [0, 0.05) is 12.0 Å². The summed E-state index contributed by atoms with van der Waals surface area (Å²) in [5.74, 6) is -1.96. The van der Waals surface area contributed by atoms with Crippen molar-refractivity contribution in [2.75, 3.05) is 6.61 Å². The summed E-state index contributed by atoms with van der Waals surface area (Å²) in [6.45, 7) is 10.9. The van der Waals surface area contributed by atoms with Crippen molar-refractivity contribution in [3.05, 3.63) is 59.7 Å². The van der Waals surface area contributed by atoms with Gasteiger partial charge in [-0.2, -0.15) is 0 Å². The van der Waals surface area contributed by atoms with Gasteiger partial charge in [0.25, 0.3) is 0 Å². The van der Waals surface area contributed by atoms with Crippen molar-refractivity contribution in [1.29, 1.82) is 0 Å². The summed E-state index contributed by atoms with van der Waals surface area (Å²) in [6, 6.07) is 14.6. The van der Waals surface area contributed by atoms with Gasteiger partial charge in [0.2, 0.25) is 5.91 Å². The molecule has 1 unspecified atom stereocenters. The molecule has 7 nitrogen and oxygen atoms in total. The number of hydrogen-bond donors (Lipinski definition) is 3. The molecule has 7 heteroatoms. The van der Waals surface area contributed by atoms with Crippen LogP contribution in [0.25, 0.3) is 11.1 Å². The number of benzene rings is 2. The van der Waals surface area contributed by atoms with Crippen molar-refractivity contribution in [3.63, 3.8) is 0 Å². The molecular formula is C28H36N2O5. The summed E-state index contributed by atoms with van der Waals surface area (Å²) in [6.07, 6.45) is -0.606. The monoisotopic (exact) mass is 480 g/mol. The van der Waals surface area contributed by atoms with Crippen molar-refractivity contribution < 1.29 is 24.2 Å². The van der Waals surface area contributed by atoms with E-state index in [1.54, 1.807) is 27.7 Å². The van der Waals surface area contributed by atoms with E-state index >= 15 is 0 Å². The van der Waals surface area contributed by atoms with Crippen molar-refractivity contribution in [2.24, 2.45) is 17.3 Å². The summed E-state index contributed by atoms with van der Waals surface area (Å²) in [5, 5.41) is 15.0. The molecule has 0 radical (unpaired) electrons. The summed E-state index contributed by atoms with van der Waals surface area (Å²) < 4.78 is 5.68. The third kappa shape index (κ3) is 5.50. The highest BCUT2D eigenvalue weighted by molar-refractivity contribution is 5.88. The standard InChI is InChI=1S/C28H36N2O5/c1-16(2)23(25(31)32)29-26(33)28(5,6)24(17(3)4)30-27(34)35-15-22-20-13-9-7-11-18(20)19-12-8-10-14-21(19)22/h7-14,16-17,22-24H,15H2,1-6H3,(H,29,33)(H,30,34)(H,31,32)/t23-,24?/m1/s1. The summed E-state index contributed by atoms with van der Waals surface area (Å²) in [7, 11) is 0. The number of carbonyl (C=O) groups excluding carboxylic acids is 2. The van der Waals surface area contributed by atoms with Crippen LogP contribution in [0.1, 0.15) is 58.6 Å². The lowest BCUT2D eigenvalue weighted by atomic mass is 9.77. The van der Waals surface area contributed by atoms with Crippen LogP contribution in [0.15, 0.2) is 48.5 Å². The van der Waals surface area contributed by atoms with Gasteiger partial charge in [0.1, 0.15) is 12.6 Å². The number of nitrogens with one attached hydrogen (secondary N) is 2. The highest BCUT2D eigenvalue weighted by atomic mass is 16.5. The number of carboxylic acid groups (broad SMARTS) is 1. The van der Waals surface area contributed by atoms with E-state index in [1.807, 2.05) is 38.1 Å². The van der Waals surface area contributed by atoms with Gasteiger partial charge in [0.05, 0.1) is 5.41 Å². The Kier molecular flexibility index (Phi) is 7.88. The molecule has 0 spiro atoms. The molecule has 0 heterocycles. The van der Waals surface area contributed by atoms with Crippen LogP contribution in [-0.4, -0.2) is 41.8 Å². The topological polar surface area (TPSA) is 105 Å². The minimum atomic E-state index is -1.09. The molecule has 1 aliphatic carbocycles. The fourth-order valence-corrected chi connectivity index (χ4v) is 4.93. The normalized spacial score (nSPS) is 14.7.